The third kappa shape index (κ3) is 2.61. The molecule has 2 heterocycles. The van der Waals surface area contributed by atoms with Crippen LogP contribution in [0, 0.1) is 0 Å². The Kier molecular flexibility index (Phi) is 3.37. The fourth-order valence-electron chi connectivity index (χ4n) is 2.12. The Morgan fingerprint density at radius 1 is 1.65 bits per heavy atom. The van der Waals surface area contributed by atoms with Crippen molar-refractivity contribution in [2.75, 3.05) is 18.0 Å². The van der Waals surface area contributed by atoms with Gasteiger partial charge in [-0.05, 0) is 18.6 Å². The predicted octanol–water partition coefficient (Wildman–Crippen LogP) is 0.609. The molecule has 0 aliphatic carbocycles. The summed E-state index contributed by atoms with van der Waals surface area (Å²) in [4.78, 5) is 28.1. The number of rotatable bonds is 3. The van der Waals surface area contributed by atoms with Gasteiger partial charge in [0.2, 0.25) is 5.91 Å². The molecule has 0 spiro atoms. The number of aromatic nitrogens is 1. The molecule has 1 fully saturated rings. The van der Waals surface area contributed by atoms with Crippen LogP contribution in [-0.2, 0) is 4.79 Å². The monoisotopic (exact) mass is 233 g/mol. The lowest BCUT2D eigenvalue weighted by Gasteiger charge is -2.18. The Bertz CT molecular complexity index is 434. The fraction of sp³-hybridized carbons (Fsp3) is 0.417. The minimum Gasteiger partial charge on any atom is -0.354 e. The highest BCUT2D eigenvalue weighted by Gasteiger charge is 2.25. The molecular formula is C12H15N3O2. The highest BCUT2D eigenvalue weighted by atomic mass is 16.1. The summed E-state index contributed by atoms with van der Waals surface area (Å²) in [6.07, 6.45) is 3.37. The second kappa shape index (κ2) is 4.95. The summed E-state index contributed by atoms with van der Waals surface area (Å²) in [7, 11) is 0. The van der Waals surface area contributed by atoms with Crippen molar-refractivity contribution in [1.82, 2.24) is 10.3 Å². The van der Waals surface area contributed by atoms with Crippen LogP contribution in [0.2, 0.25) is 0 Å². The van der Waals surface area contributed by atoms with E-state index in [0.717, 1.165) is 19.3 Å². The summed E-state index contributed by atoms with van der Waals surface area (Å²) in [6.45, 7) is 3.03. The standard InChI is InChI=1S/C12H15N3O2/c1-9(17)14-11-4-6-15(7-11)12-10(8-16)3-2-5-13-12/h2-3,5,8,11H,4,6-7H2,1H3,(H,14,17). The van der Waals surface area contributed by atoms with Gasteiger partial charge in [0.1, 0.15) is 5.82 Å². The molecule has 2 rings (SSSR count). The van der Waals surface area contributed by atoms with Crippen LogP contribution in [0.25, 0.3) is 0 Å². The van der Waals surface area contributed by atoms with Gasteiger partial charge in [0.05, 0.1) is 5.56 Å². The lowest BCUT2D eigenvalue weighted by Crippen LogP contribution is -2.35. The van der Waals surface area contributed by atoms with Gasteiger partial charge < -0.3 is 10.2 Å². The lowest BCUT2D eigenvalue weighted by atomic mass is 10.2. The van der Waals surface area contributed by atoms with E-state index in [1.807, 2.05) is 4.90 Å². The zero-order valence-electron chi connectivity index (χ0n) is 9.72. The van der Waals surface area contributed by atoms with Gasteiger partial charge in [-0.15, -0.1) is 0 Å². The molecule has 0 bridgehead atoms. The van der Waals surface area contributed by atoms with Crippen LogP contribution < -0.4 is 10.2 Å². The highest BCUT2D eigenvalue weighted by molar-refractivity contribution is 5.82. The quantitative estimate of drug-likeness (QED) is 0.777. The molecule has 1 N–H and O–H groups in total. The second-order valence-electron chi connectivity index (χ2n) is 4.17. The van der Waals surface area contributed by atoms with Crippen LogP contribution in [0.5, 0.6) is 0 Å². The number of pyridine rings is 1. The first-order valence-electron chi connectivity index (χ1n) is 5.63. The summed E-state index contributed by atoms with van der Waals surface area (Å²) in [5.41, 5.74) is 0.593. The van der Waals surface area contributed by atoms with E-state index in [0.29, 0.717) is 17.9 Å². The van der Waals surface area contributed by atoms with Crippen molar-refractivity contribution >= 4 is 18.0 Å². The number of carbonyl (C=O) groups excluding carboxylic acids is 2. The molecule has 1 saturated heterocycles. The normalized spacial score (nSPS) is 19.1. The molecule has 0 saturated carbocycles. The van der Waals surface area contributed by atoms with Gasteiger partial charge in [-0.25, -0.2) is 4.98 Å². The van der Waals surface area contributed by atoms with E-state index in [9.17, 15) is 9.59 Å². The molecule has 0 aromatic carbocycles. The maximum atomic E-state index is 11.0. The second-order valence-corrected chi connectivity index (χ2v) is 4.17. The molecule has 1 aliphatic heterocycles. The maximum absolute atomic E-state index is 11.0. The minimum absolute atomic E-state index is 0.0199. The molecule has 1 atom stereocenters. The van der Waals surface area contributed by atoms with Gasteiger partial charge in [-0.2, -0.15) is 0 Å². The van der Waals surface area contributed by atoms with Crippen LogP contribution in [0.1, 0.15) is 23.7 Å². The summed E-state index contributed by atoms with van der Waals surface area (Å²) in [5, 5.41) is 2.88. The molecule has 5 heteroatoms. The number of aldehydes is 1. The molecule has 1 aromatic heterocycles. The van der Waals surface area contributed by atoms with Crippen LogP contribution in [0.4, 0.5) is 5.82 Å². The highest BCUT2D eigenvalue weighted by Crippen LogP contribution is 2.20. The summed E-state index contributed by atoms with van der Waals surface area (Å²) >= 11 is 0. The Morgan fingerprint density at radius 2 is 2.47 bits per heavy atom. The minimum atomic E-state index is -0.0199. The van der Waals surface area contributed by atoms with E-state index in [1.165, 1.54) is 6.92 Å². The predicted molar refractivity (Wildman–Crippen MR) is 64.1 cm³/mol. The average molecular weight is 233 g/mol. The third-order valence-electron chi connectivity index (χ3n) is 2.84. The topological polar surface area (TPSA) is 62.3 Å². The SMILES string of the molecule is CC(=O)NC1CCN(c2ncccc2C=O)C1. The van der Waals surface area contributed by atoms with Crippen LogP contribution >= 0.6 is 0 Å². The molecule has 90 valence electrons. The summed E-state index contributed by atoms with van der Waals surface area (Å²) in [6, 6.07) is 3.64. The number of anilines is 1. The Labute approximate surface area is 99.8 Å². The van der Waals surface area contributed by atoms with Crippen molar-refractivity contribution < 1.29 is 9.59 Å². The van der Waals surface area contributed by atoms with Crippen LogP contribution in [-0.4, -0.2) is 36.3 Å². The lowest BCUT2D eigenvalue weighted by molar-refractivity contribution is -0.119. The van der Waals surface area contributed by atoms with Crippen molar-refractivity contribution in [2.45, 2.75) is 19.4 Å². The van der Waals surface area contributed by atoms with E-state index in [-0.39, 0.29) is 11.9 Å². The first-order chi connectivity index (χ1) is 8.20. The molecule has 5 nitrogen and oxygen atoms in total. The van der Waals surface area contributed by atoms with Crippen LogP contribution in [0.3, 0.4) is 0 Å². The van der Waals surface area contributed by atoms with Crippen molar-refractivity contribution in [2.24, 2.45) is 0 Å². The van der Waals surface area contributed by atoms with E-state index in [2.05, 4.69) is 10.3 Å². The number of amides is 1. The molecule has 1 aromatic rings. The van der Waals surface area contributed by atoms with Gasteiger partial charge in [0, 0.05) is 32.3 Å². The number of hydrogen-bond acceptors (Lipinski definition) is 4. The zero-order valence-corrected chi connectivity index (χ0v) is 9.72. The molecule has 1 aliphatic rings. The van der Waals surface area contributed by atoms with Crippen molar-refractivity contribution in [1.29, 1.82) is 0 Å². The summed E-state index contributed by atoms with van der Waals surface area (Å²) < 4.78 is 0. The van der Waals surface area contributed by atoms with E-state index in [4.69, 9.17) is 0 Å². The maximum Gasteiger partial charge on any atom is 0.217 e. The Balaban J connectivity index is 2.09. The molecule has 1 unspecified atom stereocenters. The Morgan fingerprint density at radius 3 is 3.18 bits per heavy atom. The number of carbonyl (C=O) groups is 2. The van der Waals surface area contributed by atoms with Crippen molar-refractivity contribution in [3.63, 3.8) is 0 Å². The van der Waals surface area contributed by atoms with Gasteiger partial charge in [0.15, 0.2) is 6.29 Å². The first kappa shape index (κ1) is 11.6. The molecule has 17 heavy (non-hydrogen) atoms. The van der Waals surface area contributed by atoms with Crippen LogP contribution in [0.15, 0.2) is 18.3 Å². The number of nitrogens with one attached hydrogen (secondary N) is 1. The average Bonchev–Trinajstić information content (AvgIpc) is 2.76. The molecule has 1 amide bonds. The fourth-order valence-corrected chi connectivity index (χ4v) is 2.12. The largest absolute Gasteiger partial charge is 0.354 e. The van der Waals surface area contributed by atoms with Gasteiger partial charge in [-0.1, -0.05) is 0 Å². The Hall–Kier alpha value is -1.91. The van der Waals surface area contributed by atoms with Gasteiger partial charge in [0.25, 0.3) is 0 Å². The van der Waals surface area contributed by atoms with Crippen molar-refractivity contribution in [3.8, 4) is 0 Å². The van der Waals surface area contributed by atoms with Gasteiger partial charge in [-0.3, -0.25) is 9.59 Å². The third-order valence-corrected chi connectivity index (χ3v) is 2.84. The summed E-state index contributed by atoms with van der Waals surface area (Å²) in [5.74, 6) is 0.684. The van der Waals surface area contributed by atoms with Gasteiger partial charge >= 0.3 is 0 Å². The van der Waals surface area contributed by atoms with E-state index < -0.39 is 0 Å². The number of nitrogens with zero attached hydrogens (tertiary/aromatic N) is 2. The smallest absolute Gasteiger partial charge is 0.217 e. The zero-order chi connectivity index (χ0) is 12.3. The molecular weight excluding hydrogens is 218 g/mol. The first-order valence-corrected chi connectivity index (χ1v) is 5.63. The molecule has 0 radical (unpaired) electrons. The number of hydrogen-bond donors (Lipinski definition) is 1. The van der Waals surface area contributed by atoms with E-state index >= 15 is 0 Å². The van der Waals surface area contributed by atoms with E-state index in [1.54, 1.807) is 18.3 Å². The van der Waals surface area contributed by atoms with Crippen molar-refractivity contribution in [3.05, 3.63) is 23.9 Å².